The minimum absolute atomic E-state index is 0.0257. The van der Waals surface area contributed by atoms with Crippen LogP contribution in [0.5, 0.6) is 5.75 Å². The van der Waals surface area contributed by atoms with Crippen LogP contribution in [0.25, 0.3) is 0 Å². The zero-order valence-electron chi connectivity index (χ0n) is 11.0. The molecule has 1 amide bonds. The number of methoxy groups -OCH3 is 2. The van der Waals surface area contributed by atoms with Crippen molar-refractivity contribution in [2.24, 2.45) is 0 Å². The van der Waals surface area contributed by atoms with Crippen molar-refractivity contribution >= 4 is 11.6 Å². The molecule has 0 aliphatic heterocycles. The number of ether oxygens (including phenoxy) is 3. The molecule has 0 saturated heterocycles. The molecule has 0 aliphatic rings. The highest BCUT2D eigenvalue weighted by Crippen LogP contribution is 2.26. The largest absolute Gasteiger partial charge is 0.495 e. The lowest BCUT2D eigenvalue weighted by Crippen LogP contribution is -2.30. The maximum atomic E-state index is 11.9. The summed E-state index contributed by atoms with van der Waals surface area (Å²) in [5.74, 6) is 0.529. The number of amides is 1. The van der Waals surface area contributed by atoms with Gasteiger partial charge in [0.05, 0.1) is 26.0 Å². The average Bonchev–Trinajstić information content (AvgIpc) is 2.42. The van der Waals surface area contributed by atoms with Crippen LogP contribution in [-0.4, -0.2) is 47.0 Å². The first-order chi connectivity index (χ1) is 8.70. The SMILES string of the molecule is COCCOCC(=O)N(C)c1ccccc1OC. The summed E-state index contributed by atoms with van der Waals surface area (Å²) in [5, 5.41) is 0. The lowest BCUT2D eigenvalue weighted by atomic mass is 10.2. The summed E-state index contributed by atoms with van der Waals surface area (Å²) in [6.07, 6.45) is 0. The number of hydrogen-bond donors (Lipinski definition) is 0. The number of benzene rings is 1. The van der Waals surface area contributed by atoms with Gasteiger partial charge in [-0.3, -0.25) is 4.79 Å². The molecule has 0 bridgehead atoms. The van der Waals surface area contributed by atoms with E-state index in [1.54, 1.807) is 21.3 Å². The zero-order chi connectivity index (χ0) is 13.4. The predicted molar refractivity (Wildman–Crippen MR) is 69.1 cm³/mol. The lowest BCUT2D eigenvalue weighted by molar-refractivity contribution is -0.123. The quantitative estimate of drug-likeness (QED) is 0.688. The van der Waals surface area contributed by atoms with Crippen molar-refractivity contribution < 1.29 is 19.0 Å². The third-order valence-corrected chi connectivity index (χ3v) is 2.48. The standard InChI is InChI=1S/C13H19NO4/c1-14(13(15)10-18-9-8-16-2)11-6-4-5-7-12(11)17-3/h4-7H,8-10H2,1-3H3. The second-order valence-electron chi connectivity index (χ2n) is 3.67. The van der Waals surface area contributed by atoms with E-state index in [9.17, 15) is 4.79 Å². The number of para-hydroxylation sites is 2. The van der Waals surface area contributed by atoms with Gasteiger partial charge in [0.2, 0.25) is 0 Å². The molecule has 5 heteroatoms. The third kappa shape index (κ3) is 4.01. The highest BCUT2D eigenvalue weighted by molar-refractivity contribution is 5.95. The van der Waals surface area contributed by atoms with E-state index < -0.39 is 0 Å². The number of rotatable bonds is 7. The molecule has 1 aromatic rings. The van der Waals surface area contributed by atoms with Gasteiger partial charge in [0, 0.05) is 14.2 Å². The molecule has 18 heavy (non-hydrogen) atoms. The maximum Gasteiger partial charge on any atom is 0.252 e. The summed E-state index contributed by atoms with van der Waals surface area (Å²) in [7, 11) is 4.86. The van der Waals surface area contributed by atoms with Gasteiger partial charge in [-0.1, -0.05) is 12.1 Å². The van der Waals surface area contributed by atoms with E-state index in [1.165, 1.54) is 4.90 Å². The Labute approximate surface area is 107 Å². The fourth-order valence-corrected chi connectivity index (χ4v) is 1.44. The predicted octanol–water partition coefficient (Wildman–Crippen LogP) is 1.32. The highest BCUT2D eigenvalue weighted by atomic mass is 16.5. The van der Waals surface area contributed by atoms with Crippen LogP contribution in [0.4, 0.5) is 5.69 Å². The van der Waals surface area contributed by atoms with Gasteiger partial charge in [-0.15, -0.1) is 0 Å². The lowest BCUT2D eigenvalue weighted by Gasteiger charge is -2.19. The van der Waals surface area contributed by atoms with E-state index in [4.69, 9.17) is 14.2 Å². The van der Waals surface area contributed by atoms with Crippen LogP contribution in [0.15, 0.2) is 24.3 Å². The molecule has 0 spiro atoms. The van der Waals surface area contributed by atoms with Crippen LogP contribution in [0.3, 0.4) is 0 Å². The van der Waals surface area contributed by atoms with Crippen molar-refractivity contribution in [1.82, 2.24) is 0 Å². The fourth-order valence-electron chi connectivity index (χ4n) is 1.44. The molecule has 100 valence electrons. The highest BCUT2D eigenvalue weighted by Gasteiger charge is 2.14. The molecule has 0 unspecified atom stereocenters. The van der Waals surface area contributed by atoms with Crippen molar-refractivity contribution in [1.29, 1.82) is 0 Å². The normalized spacial score (nSPS) is 10.2. The number of carbonyl (C=O) groups is 1. The van der Waals surface area contributed by atoms with Crippen LogP contribution < -0.4 is 9.64 Å². The van der Waals surface area contributed by atoms with Gasteiger partial charge in [-0.05, 0) is 12.1 Å². The van der Waals surface area contributed by atoms with Crippen LogP contribution in [0, 0.1) is 0 Å². The second-order valence-corrected chi connectivity index (χ2v) is 3.67. The Balaban J connectivity index is 2.57. The van der Waals surface area contributed by atoms with Gasteiger partial charge >= 0.3 is 0 Å². The van der Waals surface area contributed by atoms with E-state index in [0.29, 0.717) is 19.0 Å². The first kappa shape index (κ1) is 14.5. The van der Waals surface area contributed by atoms with Gasteiger partial charge in [-0.2, -0.15) is 0 Å². The average molecular weight is 253 g/mol. The van der Waals surface area contributed by atoms with Crippen LogP contribution in [-0.2, 0) is 14.3 Å². The van der Waals surface area contributed by atoms with Gasteiger partial charge < -0.3 is 19.1 Å². The Hall–Kier alpha value is -1.59. The summed E-state index contributed by atoms with van der Waals surface area (Å²) in [5.41, 5.74) is 0.723. The van der Waals surface area contributed by atoms with E-state index in [-0.39, 0.29) is 12.5 Å². The van der Waals surface area contributed by atoms with Gasteiger partial charge in [0.1, 0.15) is 12.4 Å². The van der Waals surface area contributed by atoms with E-state index in [2.05, 4.69) is 0 Å². The molecule has 5 nitrogen and oxygen atoms in total. The number of carbonyl (C=O) groups excluding carboxylic acids is 1. The van der Waals surface area contributed by atoms with Crippen molar-refractivity contribution in [2.75, 3.05) is 46.0 Å². The Morgan fingerprint density at radius 1 is 1.22 bits per heavy atom. The fraction of sp³-hybridized carbons (Fsp3) is 0.462. The summed E-state index contributed by atoms with van der Waals surface area (Å²) >= 11 is 0. The van der Waals surface area contributed by atoms with Crippen LogP contribution in [0.1, 0.15) is 0 Å². The Kier molecular flexibility index (Phi) is 6.18. The van der Waals surface area contributed by atoms with Crippen LogP contribution in [0.2, 0.25) is 0 Å². The molecule has 0 N–H and O–H groups in total. The summed E-state index contributed by atoms with van der Waals surface area (Å²) in [6, 6.07) is 7.35. The summed E-state index contributed by atoms with van der Waals surface area (Å²) < 4.78 is 15.2. The second kappa shape index (κ2) is 7.68. The minimum Gasteiger partial charge on any atom is -0.495 e. The molecule has 1 aromatic carbocycles. The number of anilines is 1. The van der Waals surface area contributed by atoms with E-state index >= 15 is 0 Å². The first-order valence-corrected chi connectivity index (χ1v) is 5.67. The van der Waals surface area contributed by atoms with Crippen molar-refractivity contribution in [3.8, 4) is 5.75 Å². The molecule has 0 aliphatic carbocycles. The van der Waals surface area contributed by atoms with Crippen molar-refractivity contribution in [3.63, 3.8) is 0 Å². The Morgan fingerprint density at radius 3 is 2.61 bits per heavy atom. The molecular weight excluding hydrogens is 234 g/mol. The summed E-state index contributed by atoms with van der Waals surface area (Å²) in [6.45, 7) is 0.908. The van der Waals surface area contributed by atoms with Crippen molar-refractivity contribution in [3.05, 3.63) is 24.3 Å². The minimum atomic E-state index is -0.129. The molecule has 0 saturated carbocycles. The number of nitrogens with zero attached hydrogens (tertiary/aromatic N) is 1. The Morgan fingerprint density at radius 2 is 1.94 bits per heavy atom. The van der Waals surface area contributed by atoms with Gasteiger partial charge in [0.15, 0.2) is 0 Å². The van der Waals surface area contributed by atoms with Gasteiger partial charge in [-0.25, -0.2) is 0 Å². The smallest absolute Gasteiger partial charge is 0.252 e. The topological polar surface area (TPSA) is 48.0 Å². The molecule has 0 aromatic heterocycles. The van der Waals surface area contributed by atoms with E-state index in [1.807, 2.05) is 24.3 Å². The van der Waals surface area contributed by atoms with E-state index in [0.717, 1.165) is 5.69 Å². The molecule has 0 heterocycles. The molecule has 0 atom stereocenters. The maximum absolute atomic E-state index is 11.9. The number of hydrogen-bond acceptors (Lipinski definition) is 4. The molecule has 1 rings (SSSR count). The Bertz CT molecular complexity index is 381. The molecule has 0 radical (unpaired) electrons. The van der Waals surface area contributed by atoms with Crippen molar-refractivity contribution in [2.45, 2.75) is 0 Å². The molecule has 0 fully saturated rings. The molecular formula is C13H19NO4. The van der Waals surface area contributed by atoms with Crippen LogP contribution >= 0.6 is 0 Å². The zero-order valence-corrected chi connectivity index (χ0v) is 11.0. The van der Waals surface area contributed by atoms with Gasteiger partial charge in [0.25, 0.3) is 5.91 Å². The number of likely N-dealkylation sites (N-methyl/N-ethyl adjacent to an activating group) is 1. The third-order valence-electron chi connectivity index (χ3n) is 2.48. The first-order valence-electron chi connectivity index (χ1n) is 5.67. The summed E-state index contributed by atoms with van der Waals surface area (Å²) in [4.78, 5) is 13.4. The monoisotopic (exact) mass is 253 g/mol.